The van der Waals surface area contributed by atoms with Crippen molar-refractivity contribution in [1.82, 2.24) is 0 Å². The smallest absolute Gasteiger partial charge is 0.0975 e. The molecule has 2 heteroatoms. The lowest BCUT2D eigenvalue weighted by Gasteiger charge is -2.23. The Morgan fingerprint density at radius 2 is 1.79 bits per heavy atom. The highest BCUT2D eigenvalue weighted by molar-refractivity contribution is 5.28. The lowest BCUT2D eigenvalue weighted by atomic mass is 9.99. The van der Waals surface area contributed by atoms with Crippen LogP contribution in [0.15, 0.2) is 24.3 Å². The molecule has 19 heavy (non-hydrogen) atoms. The molecular weight excluding hydrogens is 234 g/mol. The number of hydrogen-bond acceptors (Lipinski definition) is 2. The molecule has 0 aliphatic carbocycles. The highest BCUT2D eigenvalue weighted by Crippen LogP contribution is 2.24. The minimum Gasteiger partial charge on any atom is -0.372 e. The van der Waals surface area contributed by atoms with Gasteiger partial charge in [-0.15, -0.1) is 0 Å². The molecule has 0 bridgehead atoms. The van der Waals surface area contributed by atoms with Crippen LogP contribution >= 0.6 is 0 Å². The molecule has 0 fully saturated rings. The maximum atomic E-state index is 6.08. The van der Waals surface area contributed by atoms with E-state index in [1.165, 1.54) is 36.8 Å². The van der Waals surface area contributed by atoms with Crippen LogP contribution in [0.1, 0.15) is 63.2 Å². The molecule has 0 saturated carbocycles. The number of ether oxygens (including phenoxy) is 1. The number of rotatable bonds is 9. The third kappa shape index (κ3) is 5.75. The fourth-order valence-corrected chi connectivity index (χ4v) is 2.35. The Morgan fingerprint density at radius 3 is 2.42 bits per heavy atom. The summed E-state index contributed by atoms with van der Waals surface area (Å²) in [5.41, 5.74) is 8.56. The van der Waals surface area contributed by atoms with Crippen LogP contribution in [0.2, 0.25) is 0 Å². The Labute approximate surface area is 118 Å². The van der Waals surface area contributed by atoms with Crippen molar-refractivity contribution < 1.29 is 4.74 Å². The first-order valence-corrected chi connectivity index (χ1v) is 7.59. The van der Waals surface area contributed by atoms with E-state index >= 15 is 0 Å². The fourth-order valence-electron chi connectivity index (χ4n) is 2.35. The molecule has 2 unspecified atom stereocenters. The molecule has 0 heterocycles. The van der Waals surface area contributed by atoms with Gasteiger partial charge in [-0.2, -0.15) is 0 Å². The van der Waals surface area contributed by atoms with Gasteiger partial charge in [0.2, 0.25) is 0 Å². The monoisotopic (exact) mass is 263 g/mol. The normalized spacial score (nSPS) is 14.3. The maximum Gasteiger partial charge on any atom is 0.0975 e. The largest absolute Gasteiger partial charge is 0.372 e. The molecule has 0 aromatic heterocycles. The number of aryl methyl sites for hydroxylation is 1. The zero-order valence-corrected chi connectivity index (χ0v) is 12.7. The van der Waals surface area contributed by atoms with Crippen molar-refractivity contribution in [2.75, 3.05) is 6.61 Å². The van der Waals surface area contributed by atoms with Crippen molar-refractivity contribution in [1.29, 1.82) is 0 Å². The lowest BCUT2D eigenvalue weighted by molar-refractivity contribution is 0.0354. The molecule has 0 aliphatic rings. The Kier molecular flexibility index (Phi) is 7.76. The van der Waals surface area contributed by atoms with Crippen molar-refractivity contribution in [2.24, 2.45) is 5.73 Å². The van der Waals surface area contributed by atoms with Gasteiger partial charge in [-0.05, 0) is 31.4 Å². The first kappa shape index (κ1) is 16.2. The Balaban J connectivity index is 2.44. The minimum atomic E-state index is 0.0207. The predicted octanol–water partition coefficient (Wildman–Crippen LogP) is 4.37. The molecule has 1 rings (SSSR count). The average Bonchev–Trinajstić information content (AvgIpc) is 2.39. The summed E-state index contributed by atoms with van der Waals surface area (Å²) in [5.74, 6) is 0. The van der Waals surface area contributed by atoms with Gasteiger partial charge in [-0.25, -0.2) is 0 Å². The van der Waals surface area contributed by atoms with Crippen molar-refractivity contribution in [3.63, 3.8) is 0 Å². The average molecular weight is 263 g/mol. The van der Waals surface area contributed by atoms with Crippen LogP contribution in [0.3, 0.4) is 0 Å². The topological polar surface area (TPSA) is 35.2 Å². The van der Waals surface area contributed by atoms with E-state index in [1.54, 1.807) is 0 Å². The molecule has 0 saturated heterocycles. The summed E-state index contributed by atoms with van der Waals surface area (Å²) in [7, 11) is 0. The molecule has 1 aromatic carbocycles. The molecule has 0 spiro atoms. The van der Waals surface area contributed by atoms with Crippen LogP contribution in [0.25, 0.3) is 0 Å². The second-order valence-corrected chi connectivity index (χ2v) is 5.42. The second-order valence-electron chi connectivity index (χ2n) is 5.42. The molecule has 0 amide bonds. The van der Waals surface area contributed by atoms with Gasteiger partial charge in [0.05, 0.1) is 6.10 Å². The van der Waals surface area contributed by atoms with Crippen LogP contribution in [-0.2, 0) is 4.74 Å². The van der Waals surface area contributed by atoms with E-state index in [0.717, 1.165) is 13.0 Å². The molecular formula is C17H29NO. The third-order valence-electron chi connectivity index (χ3n) is 3.52. The van der Waals surface area contributed by atoms with Gasteiger partial charge >= 0.3 is 0 Å². The predicted molar refractivity (Wildman–Crippen MR) is 82.3 cm³/mol. The van der Waals surface area contributed by atoms with Crippen molar-refractivity contribution in [3.8, 4) is 0 Å². The highest BCUT2D eigenvalue weighted by atomic mass is 16.5. The van der Waals surface area contributed by atoms with Crippen LogP contribution < -0.4 is 5.73 Å². The maximum absolute atomic E-state index is 6.08. The van der Waals surface area contributed by atoms with E-state index in [2.05, 4.69) is 38.1 Å². The van der Waals surface area contributed by atoms with E-state index in [0.29, 0.717) is 0 Å². The van der Waals surface area contributed by atoms with Gasteiger partial charge in [-0.1, -0.05) is 56.9 Å². The van der Waals surface area contributed by atoms with Gasteiger partial charge < -0.3 is 10.5 Å². The van der Waals surface area contributed by atoms with Crippen molar-refractivity contribution in [3.05, 3.63) is 35.4 Å². The SMILES string of the molecule is CCCCCCCOC(c1ccccc1C)C(C)N. The molecule has 2 nitrogen and oxygen atoms in total. The third-order valence-corrected chi connectivity index (χ3v) is 3.52. The van der Waals surface area contributed by atoms with Crippen LogP contribution in [0.5, 0.6) is 0 Å². The summed E-state index contributed by atoms with van der Waals surface area (Å²) >= 11 is 0. The quantitative estimate of drug-likeness (QED) is 0.671. The zero-order valence-electron chi connectivity index (χ0n) is 12.7. The summed E-state index contributed by atoms with van der Waals surface area (Å²) in [5, 5.41) is 0. The van der Waals surface area contributed by atoms with Gasteiger partial charge in [-0.3, -0.25) is 0 Å². The zero-order chi connectivity index (χ0) is 14.1. The van der Waals surface area contributed by atoms with E-state index < -0.39 is 0 Å². The molecule has 2 N–H and O–H groups in total. The van der Waals surface area contributed by atoms with Crippen molar-refractivity contribution >= 4 is 0 Å². The van der Waals surface area contributed by atoms with E-state index in [9.17, 15) is 0 Å². The number of nitrogens with two attached hydrogens (primary N) is 1. The first-order chi connectivity index (χ1) is 9.16. The van der Waals surface area contributed by atoms with Gasteiger partial charge in [0.15, 0.2) is 0 Å². The Morgan fingerprint density at radius 1 is 1.11 bits per heavy atom. The number of benzene rings is 1. The van der Waals surface area contributed by atoms with Gasteiger partial charge in [0.1, 0.15) is 0 Å². The molecule has 1 aromatic rings. The number of hydrogen-bond donors (Lipinski definition) is 1. The first-order valence-electron chi connectivity index (χ1n) is 7.59. The van der Waals surface area contributed by atoms with E-state index in [4.69, 9.17) is 10.5 Å². The Bertz CT molecular complexity index is 349. The van der Waals surface area contributed by atoms with E-state index in [1.807, 2.05) is 6.92 Å². The highest BCUT2D eigenvalue weighted by Gasteiger charge is 2.18. The van der Waals surface area contributed by atoms with Gasteiger partial charge in [0, 0.05) is 12.6 Å². The summed E-state index contributed by atoms with van der Waals surface area (Å²) in [6.45, 7) is 7.19. The Hall–Kier alpha value is -0.860. The minimum absolute atomic E-state index is 0.0207. The van der Waals surface area contributed by atoms with Crippen molar-refractivity contribution in [2.45, 2.75) is 65.0 Å². The summed E-state index contributed by atoms with van der Waals surface area (Å²) in [6, 6.07) is 8.39. The molecule has 0 aliphatic heterocycles. The standard InChI is InChI=1S/C17H29NO/c1-4-5-6-7-10-13-19-17(15(3)18)16-12-9-8-11-14(16)2/h8-9,11-12,15,17H,4-7,10,13,18H2,1-3H3. The molecule has 2 atom stereocenters. The summed E-state index contributed by atoms with van der Waals surface area (Å²) < 4.78 is 6.03. The summed E-state index contributed by atoms with van der Waals surface area (Å²) in [4.78, 5) is 0. The second kappa shape index (κ2) is 9.11. The van der Waals surface area contributed by atoms with Crippen LogP contribution in [0, 0.1) is 6.92 Å². The molecule has 108 valence electrons. The lowest BCUT2D eigenvalue weighted by Crippen LogP contribution is -2.27. The van der Waals surface area contributed by atoms with Crippen LogP contribution in [0.4, 0.5) is 0 Å². The van der Waals surface area contributed by atoms with Gasteiger partial charge in [0.25, 0.3) is 0 Å². The summed E-state index contributed by atoms with van der Waals surface area (Å²) in [6.07, 6.45) is 6.34. The number of unbranched alkanes of at least 4 members (excludes halogenated alkanes) is 4. The van der Waals surface area contributed by atoms with E-state index in [-0.39, 0.29) is 12.1 Å². The fraction of sp³-hybridized carbons (Fsp3) is 0.647. The van der Waals surface area contributed by atoms with Crippen LogP contribution in [-0.4, -0.2) is 12.6 Å². The molecule has 0 radical (unpaired) electrons.